The lowest BCUT2D eigenvalue weighted by molar-refractivity contribution is 0.0437. The van der Waals surface area contributed by atoms with Crippen molar-refractivity contribution in [2.45, 2.75) is 45.3 Å². The summed E-state index contributed by atoms with van der Waals surface area (Å²) in [6.07, 6.45) is 4.00. The fourth-order valence-corrected chi connectivity index (χ4v) is 2.60. The molecule has 3 N–H and O–H groups in total. The second-order valence-corrected chi connectivity index (χ2v) is 5.59. The normalized spacial score (nSPS) is 24.3. The molecule has 2 heterocycles. The van der Waals surface area contributed by atoms with Crippen LogP contribution in [0.1, 0.15) is 43.6 Å². The fraction of sp³-hybridized carbons (Fsp3) is 0.643. The first-order valence-electron chi connectivity index (χ1n) is 6.90. The van der Waals surface area contributed by atoms with Gasteiger partial charge >= 0.3 is 0 Å². The van der Waals surface area contributed by atoms with Gasteiger partial charge in [0, 0.05) is 25.8 Å². The van der Waals surface area contributed by atoms with Crippen molar-refractivity contribution in [3.8, 4) is 0 Å². The monoisotopic (exact) mass is 265 g/mol. The molecule has 5 nitrogen and oxygen atoms in total. The average molecular weight is 265 g/mol. The number of anilines is 1. The van der Waals surface area contributed by atoms with Crippen LogP contribution in [0.4, 0.5) is 5.69 Å². The Morgan fingerprint density at radius 1 is 1.47 bits per heavy atom. The average Bonchev–Trinajstić information content (AvgIpc) is 2.63. The van der Waals surface area contributed by atoms with Crippen LogP contribution in [0.15, 0.2) is 12.3 Å². The summed E-state index contributed by atoms with van der Waals surface area (Å²) in [5.74, 6) is 0.0104. The lowest BCUT2D eigenvalue weighted by atomic mass is 9.98. The number of aliphatic hydroxyl groups is 1. The van der Waals surface area contributed by atoms with Gasteiger partial charge in [0.15, 0.2) is 0 Å². The summed E-state index contributed by atoms with van der Waals surface area (Å²) in [4.78, 5) is 14.3. The topological polar surface area (TPSA) is 71.5 Å². The van der Waals surface area contributed by atoms with Crippen molar-refractivity contribution in [2.75, 3.05) is 18.8 Å². The third kappa shape index (κ3) is 3.10. The van der Waals surface area contributed by atoms with Crippen LogP contribution >= 0.6 is 0 Å². The highest BCUT2D eigenvalue weighted by atomic mass is 16.3. The minimum Gasteiger partial charge on any atom is -0.397 e. The third-order valence-electron chi connectivity index (χ3n) is 3.83. The number of nitrogens with two attached hydrogens (primary N) is 1. The van der Waals surface area contributed by atoms with Gasteiger partial charge in [-0.15, -0.1) is 0 Å². The van der Waals surface area contributed by atoms with Crippen molar-refractivity contribution in [1.29, 1.82) is 0 Å². The first-order valence-corrected chi connectivity index (χ1v) is 6.90. The van der Waals surface area contributed by atoms with Gasteiger partial charge in [-0.2, -0.15) is 0 Å². The van der Waals surface area contributed by atoms with Gasteiger partial charge in [-0.25, -0.2) is 0 Å². The summed E-state index contributed by atoms with van der Waals surface area (Å²) < 4.78 is 1.88. The quantitative estimate of drug-likeness (QED) is 0.850. The highest BCUT2D eigenvalue weighted by Crippen LogP contribution is 2.23. The molecule has 2 rings (SSSR count). The van der Waals surface area contributed by atoms with Crippen molar-refractivity contribution >= 4 is 11.6 Å². The highest BCUT2D eigenvalue weighted by Gasteiger charge is 2.28. The molecular formula is C14H23N3O2. The van der Waals surface area contributed by atoms with Gasteiger partial charge in [-0.1, -0.05) is 0 Å². The van der Waals surface area contributed by atoms with Crippen LogP contribution < -0.4 is 5.73 Å². The maximum Gasteiger partial charge on any atom is 0.270 e. The maximum absolute atomic E-state index is 12.5. The zero-order chi connectivity index (χ0) is 14.0. The molecule has 1 aliphatic rings. The zero-order valence-electron chi connectivity index (χ0n) is 11.7. The number of nitrogens with zero attached hydrogens (tertiary/aromatic N) is 2. The Bertz CT molecular complexity index is 465. The van der Waals surface area contributed by atoms with E-state index in [-0.39, 0.29) is 5.91 Å². The molecule has 0 aromatic carbocycles. The van der Waals surface area contributed by atoms with E-state index in [1.165, 1.54) is 0 Å². The standard InChI is InChI=1S/C14H23N3O2/c1-3-16-10-11(15)9-12(16)13(18)17-7-4-5-14(2,19)6-8-17/h9-10,19H,3-8,15H2,1-2H3. The minimum atomic E-state index is -0.652. The molecule has 1 fully saturated rings. The summed E-state index contributed by atoms with van der Waals surface area (Å²) in [6.45, 7) is 5.85. The molecule has 19 heavy (non-hydrogen) atoms. The summed E-state index contributed by atoms with van der Waals surface area (Å²) in [6, 6.07) is 1.73. The Balaban J connectivity index is 2.15. The lowest BCUT2D eigenvalue weighted by Gasteiger charge is -2.23. The summed E-state index contributed by atoms with van der Waals surface area (Å²) in [7, 11) is 0. The predicted molar refractivity (Wildman–Crippen MR) is 74.9 cm³/mol. The number of hydrogen-bond acceptors (Lipinski definition) is 3. The van der Waals surface area contributed by atoms with Crippen molar-refractivity contribution in [1.82, 2.24) is 9.47 Å². The first kappa shape index (κ1) is 13.9. The Morgan fingerprint density at radius 2 is 2.21 bits per heavy atom. The molecule has 5 heteroatoms. The zero-order valence-corrected chi connectivity index (χ0v) is 11.7. The van der Waals surface area contributed by atoms with E-state index in [0.29, 0.717) is 30.9 Å². The van der Waals surface area contributed by atoms with Gasteiger partial charge in [0.25, 0.3) is 5.91 Å². The number of likely N-dealkylation sites (tertiary alicyclic amines) is 1. The van der Waals surface area contributed by atoms with Crippen LogP contribution in [0.3, 0.4) is 0 Å². The van der Waals surface area contributed by atoms with Crippen LogP contribution in [0.2, 0.25) is 0 Å². The summed E-state index contributed by atoms with van der Waals surface area (Å²) in [5, 5.41) is 10.1. The van der Waals surface area contributed by atoms with Crippen LogP contribution in [-0.4, -0.2) is 39.2 Å². The smallest absolute Gasteiger partial charge is 0.270 e. The second kappa shape index (κ2) is 5.25. The first-order chi connectivity index (χ1) is 8.93. The van der Waals surface area contributed by atoms with Gasteiger partial charge in [-0.05, 0) is 39.2 Å². The highest BCUT2D eigenvalue weighted by molar-refractivity contribution is 5.93. The van der Waals surface area contributed by atoms with E-state index in [1.807, 2.05) is 23.3 Å². The van der Waals surface area contributed by atoms with Crippen LogP contribution in [-0.2, 0) is 6.54 Å². The van der Waals surface area contributed by atoms with Crippen molar-refractivity contribution < 1.29 is 9.90 Å². The van der Waals surface area contributed by atoms with Gasteiger partial charge < -0.3 is 20.3 Å². The molecule has 0 aliphatic carbocycles. The number of rotatable bonds is 2. The molecule has 106 valence electrons. The molecule has 1 aromatic rings. The molecular weight excluding hydrogens is 242 g/mol. The van der Waals surface area contributed by atoms with Crippen LogP contribution in [0.5, 0.6) is 0 Å². The van der Waals surface area contributed by atoms with E-state index in [2.05, 4.69) is 0 Å². The molecule has 1 saturated heterocycles. The number of hydrogen-bond donors (Lipinski definition) is 2. The van der Waals surface area contributed by atoms with E-state index >= 15 is 0 Å². The van der Waals surface area contributed by atoms with Crippen molar-refractivity contribution in [3.05, 3.63) is 18.0 Å². The Labute approximate surface area is 114 Å². The Hall–Kier alpha value is -1.49. The number of amides is 1. The SMILES string of the molecule is CCn1cc(N)cc1C(=O)N1CCCC(C)(O)CC1. The number of carbonyl (C=O) groups is 1. The molecule has 1 atom stereocenters. The van der Waals surface area contributed by atoms with Crippen molar-refractivity contribution in [2.24, 2.45) is 0 Å². The van der Waals surface area contributed by atoms with E-state index < -0.39 is 5.60 Å². The van der Waals surface area contributed by atoms with E-state index in [1.54, 1.807) is 12.3 Å². The maximum atomic E-state index is 12.5. The van der Waals surface area contributed by atoms with Gasteiger partial charge in [0.2, 0.25) is 0 Å². The van der Waals surface area contributed by atoms with Gasteiger partial charge in [-0.3, -0.25) is 4.79 Å². The number of aromatic nitrogens is 1. The number of carbonyl (C=O) groups excluding carboxylic acids is 1. The van der Waals surface area contributed by atoms with Gasteiger partial charge in [0.1, 0.15) is 5.69 Å². The predicted octanol–water partition coefficient (Wildman–Crippen LogP) is 1.47. The van der Waals surface area contributed by atoms with Crippen LogP contribution in [0.25, 0.3) is 0 Å². The van der Waals surface area contributed by atoms with E-state index in [0.717, 1.165) is 19.4 Å². The minimum absolute atomic E-state index is 0.0104. The summed E-state index contributed by atoms with van der Waals surface area (Å²) in [5.41, 5.74) is 6.37. The molecule has 1 aromatic heterocycles. The van der Waals surface area contributed by atoms with E-state index in [4.69, 9.17) is 5.73 Å². The number of aryl methyl sites for hydroxylation is 1. The molecule has 1 amide bonds. The molecule has 1 unspecified atom stereocenters. The van der Waals surface area contributed by atoms with E-state index in [9.17, 15) is 9.90 Å². The molecule has 0 saturated carbocycles. The summed E-state index contributed by atoms with van der Waals surface area (Å²) >= 11 is 0. The van der Waals surface area contributed by atoms with Crippen molar-refractivity contribution in [3.63, 3.8) is 0 Å². The Morgan fingerprint density at radius 3 is 2.89 bits per heavy atom. The largest absolute Gasteiger partial charge is 0.397 e. The molecule has 1 aliphatic heterocycles. The lowest BCUT2D eigenvalue weighted by Crippen LogP contribution is -2.34. The molecule has 0 bridgehead atoms. The third-order valence-corrected chi connectivity index (χ3v) is 3.83. The second-order valence-electron chi connectivity index (χ2n) is 5.59. The fourth-order valence-electron chi connectivity index (χ4n) is 2.60. The van der Waals surface area contributed by atoms with Crippen LogP contribution in [0, 0.1) is 0 Å². The molecule has 0 radical (unpaired) electrons. The number of nitrogen functional groups attached to an aromatic ring is 1. The van der Waals surface area contributed by atoms with Gasteiger partial charge in [0.05, 0.1) is 11.3 Å². The Kier molecular flexibility index (Phi) is 3.85. The molecule has 0 spiro atoms.